The maximum atomic E-state index is 14.2. The van der Waals surface area contributed by atoms with E-state index < -0.39 is 0 Å². The van der Waals surface area contributed by atoms with Gasteiger partial charge in [-0.1, -0.05) is 29.8 Å². The molecule has 0 atom stereocenters. The minimum absolute atomic E-state index is 0.262. The Labute approximate surface area is 157 Å². The summed E-state index contributed by atoms with van der Waals surface area (Å²) in [6.07, 6.45) is 0.709. The van der Waals surface area contributed by atoms with Crippen LogP contribution >= 0.6 is 0 Å². The lowest BCUT2D eigenvalue weighted by Gasteiger charge is -2.08. The molecule has 6 heteroatoms. The van der Waals surface area contributed by atoms with Crippen molar-refractivity contribution in [1.82, 2.24) is 15.1 Å². The molecule has 0 spiro atoms. The van der Waals surface area contributed by atoms with Crippen molar-refractivity contribution in [3.05, 3.63) is 71.7 Å². The van der Waals surface area contributed by atoms with E-state index in [4.69, 9.17) is 4.74 Å². The molecule has 0 saturated carbocycles. The van der Waals surface area contributed by atoms with Crippen LogP contribution in [0.25, 0.3) is 16.9 Å². The van der Waals surface area contributed by atoms with Crippen LogP contribution in [-0.2, 0) is 4.74 Å². The second-order valence-corrected chi connectivity index (χ2v) is 6.24. The largest absolute Gasteiger partial charge is 0.385 e. The highest BCUT2D eigenvalue weighted by Gasteiger charge is 2.18. The summed E-state index contributed by atoms with van der Waals surface area (Å²) in [7, 11) is 1.62. The highest BCUT2D eigenvalue weighted by Crippen LogP contribution is 2.24. The van der Waals surface area contributed by atoms with Gasteiger partial charge in [-0.05, 0) is 43.7 Å². The number of hydrogen-bond acceptors (Lipinski definition) is 3. The zero-order valence-electron chi connectivity index (χ0n) is 15.4. The Balaban J connectivity index is 1.98. The van der Waals surface area contributed by atoms with E-state index in [1.165, 1.54) is 6.07 Å². The molecular formula is C21H22FN3O2. The monoisotopic (exact) mass is 367 g/mol. The summed E-state index contributed by atoms with van der Waals surface area (Å²) in [6.45, 7) is 3.04. The zero-order chi connectivity index (χ0) is 19.2. The average Bonchev–Trinajstić information content (AvgIpc) is 3.11. The van der Waals surface area contributed by atoms with E-state index in [0.29, 0.717) is 36.5 Å². The third-order valence-corrected chi connectivity index (χ3v) is 4.18. The van der Waals surface area contributed by atoms with Gasteiger partial charge in [-0.15, -0.1) is 0 Å². The van der Waals surface area contributed by atoms with Gasteiger partial charge < -0.3 is 10.1 Å². The number of carbonyl (C=O) groups is 1. The zero-order valence-corrected chi connectivity index (χ0v) is 15.4. The minimum Gasteiger partial charge on any atom is -0.385 e. The molecule has 0 aliphatic rings. The van der Waals surface area contributed by atoms with E-state index in [1.807, 2.05) is 31.2 Å². The Kier molecular flexibility index (Phi) is 5.98. The number of aryl methyl sites for hydroxylation is 1. The molecule has 2 aromatic carbocycles. The van der Waals surface area contributed by atoms with Crippen molar-refractivity contribution in [2.75, 3.05) is 20.3 Å². The number of halogens is 1. The number of ether oxygens (including phenoxy) is 1. The molecule has 5 nitrogen and oxygen atoms in total. The Morgan fingerprint density at radius 2 is 1.93 bits per heavy atom. The normalized spacial score (nSPS) is 10.8. The lowest BCUT2D eigenvalue weighted by molar-refractivity contribution is 0.0941. The van der Waals surface area contributed by atoms with Crippen LogP contribution in [0.15, 0.2) is 54.6 Å². The summed E-state index contributed by atoms with van der Waals surface area (Å²) < 4.78 is 20.7. The topological polar surface area (TPSA) is 56.1 Å². The molecule has 140 valence electrons. The van der Waals surface area contributed by atoms with E-state index in [-0.39, 0.29) is 11.7 Å². The summed E-state index contributed by atoms with van der Waals surface area (Å²) in [5.41, 5.74) is 2.97. The van der Waals surface area contributed by atoms with Crippen molar-refractivity contribution >= 4 is 5.91 Å². The number of nitrogens with one attached hydrogen (secondary N) is 1. The van der Waals surface area contributed by atoms with E-state index >= 15 is 0 Å². The molecule has 0 aliphatic carbocycles. The predicted molar refractivity (Wildman–Crippen MR) is 103 cm³/mol. The number of hydrogen-bond donors (Lipinski definition) is 1. The first-order valence-electron chi connectivity index (χ1n) is 8.79. The molecular weight excluding hydrogens is 345 g/mol. The van der Waals surface area contributed by atoms with Crippen molar-refractivity contribution < 1.29 is 13.9 Å². The van der Waals surface area contributed by atoms with E-state index in [1.54, 1.807) is 36.1 Å². The van der Waals surface area contributed by atoms with Crippen molar-refractivity contribution in [2.24, 2.45) is 0 Å². The summed E-state index contributed by atoms with van der Waals surface area (Å²) >= 11 is 0. The maximum Gasteiger partial charge on any atom is 0.270 e. The summed E-state index contributed by atoms with van der Waals surface area (Å²) in [6, 6.07) is 15.7. The standard InChI is InChI=1S/C21H22FN3O2/c1-15-8-10-16(11-9-15)25-20(21(26)23-12-5-13-27-2)14-19(24-25)17-6-3-4-7-18(17)22/h3-4,6-11,14H,5,12-13H2,1-2H3,(H,23,26). The lowest BCUT2D eigenvalue weighted by Crippen LogP contribution is -2.27. The molecule has 0 radical (unpaired) electrons. The molecule has 0 aliphatic heterocycles. The smallest absolute Gasteiger partial charge is 0.270 e. The lowest BCUT2D eigenvalue weighted by atomic mass is 10.1. The number of benzene rings is 2. The van der Waals surface area contributed by atoms with Crippen LogP contribution in [0.2, 0.25) is 0 Å². The SMILES string of the molecule is COCCCNC(=O)c1cc(-c2ccccc2F)nn1-c1ccc(C)cc1. The summed E-state index contributed by atoms with van der Waals surface area (Å²) in [5.74, 6) is -0.639. The summed E-state index contributed by atoms with van der Waals surface area (Å²) in [4.78, 5) is 12.7. The Bertz CT molecular complexity index is 919. The minimum atomic E-state index is -0.377. The van der Waals surface area contributed by atoms with Crippen molar-refractivity contribution in [1.29, 1.82) is 0 Å². The Hall–Kier alpha value is -2.99. The van der Waals surface area contributed by atoms with Gasteiger partial charge in [0.15, 0.2) is 0 Å². The van der Waals surface area contributed by atoms with Crippen LogP contribution in [0.3, 0.4) is 0 Å². The van der Waals surface area contributed by atoms with Gasteiger partial charge in [0.05, 0.1) is 11.4 Å². The van der Waals surface area contributed by atoms with Crippen LogP contribution in [0.5, 0.6) is 0 Å². The van der Waals surface area contributed by atoms with Crippen molar-refractivity contribution in [3.8, 4) is 16.9 Å². The number of rotatable bonds is 7. The first kappa shape index (κ1) is 18.8. The molecule has 3 aromatic rings. The molecule has 0 saturated heterocycles. The van der Waals surface area contributed by atoms with Gasteiger partial charge in [-0.25, -0.2) is 9.07 Å². The molecule has 1 amide bonds. The van der Waals surface area contributed by atoms with Crippen LogP contribution < -0.4 is 5.32 Å². The molecule has 3 rings (SSSR count). The van der Waals surface area contributed by atoms with Crippen molar-refractivity contribution in [3.63, 3.8) is 0 Å². The molecule has 0 unspecified atom stereocenters. The van der Waals surface area contributed by atoms with E-state index in [0.717, 1.165) is 11.3 Å². The van der Waals surface area contributed by atoms with E-state index in [9.17, 15) is 9.18 Å². The van der Waals surface area contributed by atoms with Gasteiger partial charge in [-0.2, -0.15) is 5.10 Å². The van der Waals surface area contributed by atoms with Crippen molar-refractivity contribution in [2.45, 2.75) is 13.3 Å². The van der Waals surface area contributed by atoms with E-state index in [2.05, 4.69) is 10.4 Å². The van der Waals surface area contributed by atoms with Gasteiger partial charge in [0.1, 0.15) is 11.5 Å². The average molecular weight is 367 g/mol. The number of nitrogens with zero attached hydrogens (tertiary/aromatic N) is 2. The first-order chi connectivity index (χ1) is 13.1. The summed E-state index contributed by atoms with van der Waals surface area (Å²) in [5, 5.41) is 7.36. The molecule has 0 bridgehead atoms. The Morgan fingerprint density at radius 3 is 2.63 bits per heavy atom. The third kappa shape index (κ3) is 4.41. The third-order valence-electron chi connectivity index (χ3n) is 4.18. The fraction of sp³-hybridized carbons (Fsp3) is 0.238. The fourth-order valence-electron chi connectivity index (χ4n) is 2.74. The van der Waals surface area contributed by atoms with Gasteiger partial charge in [0, 0.05) is 25.8 Å². The van der Waals surface area contributed by atoms with Crippen LogP contribution in [0.4, 0.5) is 4.39 Å². The number of methoxy groups -OCH3 is 1. The second-order valence-electron chi connectivity index (χ2n) is 6.24. The van der Waals surface area contributed by atoms with Gasteiger partial charge >= 0.3 is 0 Å². The molecule has 1 heterocycles. The fourth-order valence-corrected chi connectivity index (χ4v) is 2.74. The first-order valence-corrected chi connectivity index (χ1v) is 8.79. The molecule has 1 aromatic heterocycles. The number of aromatic nitrogens is 2. The highest BCUT2D eigenvalue weighted by molar-refractivity contribution is 5.94. The number of carbonyl (C=O) groups excluding carboxylic acids is 1. The van der Waals surface area contributed by atoms with Gasteiger partial charge in [0.25, 0.3) is 5.91 Å². The number of amides is 1. The molecule has 0 fully saturated rings. The molecule has 1 N–H and O–H groups in total. The van der Waals surface area contributed by atoms with Crippen LogP contribution in [0.1, 0.15) is 22.5 Å². The van der Waals surface area contributed by atoms with Gasteiger partial charge in [0.2, 0.25) is 0 Å². The quantitative estimate of drug-likeness (QED) is 0.647. The second kappa shape index (κ2) is 8.60. The Morgan fingerprint density at radius 1 is 1.19 bits per heavy atom. The molecule has 27 heavy (non-hydrogen) atoms. The van der Waals surface area contributed by atoms with Crippen LogP contribution in [0, 0.1) is 12.7 Å². The van der Waals surface area contributed by atoms with Gasteiger partial charge in [-0.3, -0.25) is 4.79 Å². The highest BCUT2D eigenvalue weighted by atomic mass is 19.1. The van der Waals surface area contributed by atoms with Crippen LogP contribution in [-0.4, -0.2) is 35.9 Å². The maximum absolute atomic E-state index is 14.2. The predicted octanol–water partition coefficient (Wildman–Crippen LogP) is 3.75.